The molecule has 5 aliphatic carbocycles. The number of hydrogen-bond acceptors (Lipinski definition) is 26. The maximum absolute atomic E-state index is 16.5. The molecular formula is C80H90Cl2N10O24S. The van der Waals surface area contributed by atoms with Crippen molar-refractivity contribution in [3.8, 4) is 51.4 Å². The van der Waals surface area contributed by atoms with E-state index in [0.717, 1.165) is 86.7 Å². The van der Waals surface area contributed by atoms with Crippen molar-refractivity contribution in [3.05, 3.63) is 152 Å². The Hall–Kier alpha value is -9.83. The first-order valence-corrected chi connectivity index (χ1v) is 40.5. The van der Waals surface area contributed by atoms with Crippen LogP contribution in [0, 0.1) is 29.6 Å². The van der Waals surface area contributed by atoms with Gasteiger partial charge in [0.05, 0.1) is 34.0 Å². The van der Waals surface area contributed by atoms with Gasteiger partial charge in [0.25, 0.3) is 10.0 Å². The zero-order chi connectivity index (χ0) is 83.7. The molecule has 4 saturated carbocycles. The second kappa shape index (κ2) is 33.5. The Morgan fingerprint density at radius 1 is 0.658 bits per heavy atom. The molecule has 8 amide bonds. The smallest absolute Gasteiger partial charge is 0.264 e. The van der Waals surface area contributed by atoms with E-state index in [1.807, 2.05) is 23.7 Å². The number of rotatable bonds is 18. The fraction of sp³-hybridized carbons (Fsp3) is 0.450. The van der Waals surface area contributed by atoms with Gasteiger partial charge in [0.1, 0.15) is 102 Å². The highest BCUT2D eigenvalue weighted by Gasteiger charge is 2.52. The summed E-state index contributed by atoms with van der Waals surface area (Å²) in [5, 5.41) is 126. The number of carbonyl (C=O) groups is 8. The first-order valence-electron chi connectivity index (χ1n) is 38.2. The Kier molecular flexibility index (Phi) is 24.0. The number of nitrogens with zero attached hydrogens (tertiary/aromatic N) is 1. The van der Waals surface area contributed by atoms with E-state index in [-0.39, 0.29) is 93.0 Å². The molecule has 15 bridgehead atoms. The molecule has 17 rings (SSSR count). The summed E-state index contributed by atoms with van der Waals surface area (Å²) in [5.41, 5.74) is -2.33. The molecule has 6 aromatic rings. The van der Waals surface area contributed by atoms with Crippen molar-refractivity contribution in [2.45, 2.75) is 161 Å². The van der Waals surface area contributed by atoms with Gasteiger partial charge >= 0.3 is 0 Å². The number of phenols is 1. The van der Waals surface area contributed by atoms with Crippen LogP contribution in [0.25, 0.3) is 11.1 Å². The zero-order valence-corrected chi connectivity index (χ0v) is 66.0. The third-order valence-electron chi connectivity index (χ3n) is 22.9. The number of amides is 8. The lowest BCUT2D eigenvalue weighted by molar-refractivity contribution is -0.277. The fourth-order valence-electron chi connectivity index (χ4n) is 17.2. The minimum absolute atomic E-state index is 0.0686. The van der Waals surface area contributed by atoms with E-state index >= 15 is 28.8 Å². The van der Waals surface area contributed by atoms with Gasteiger partial charge in [0.15, 0.2) is 11.5 Å². The topological polar surface area (TPSA) is 510 Å². The van der Waals surface area contributed by atoms with Crippen molar-refractivity contribution >= 4 is 80.5 Å². The van der Waals surface area contributed by atoms with E-state index < -0.39 is 210 Å². The summed E-state index contributed by atoms with van der Waals surface area (Å²) in [6.45, 7) is 3.34. The predicted octanol–water partition coefficient (Wildman–Crippen LogP) is 1.77. The van der Waals surface area contributed by atoms with Gasteiger partial charge in [-0.25, -0.2) is 13.1 Å². The first-order chi connectivity index (χ1) is 55.6. The zero-order valence-electron chi connectivity index (χ0n) is 63.7. The van der Waals surface area contributed by atoms with Crippen molar-refractivity contribution in [2.24, 2.45) is 29.6 Å². The molecule has 6 aromatic carbocycles. The Bertz CT molecular complexity index is 5010. The molecular weight excluding hydrogens is 1590 g/mol. The van der Waals surface area contributed by atoms with Crippen molar-refractivity contribution in [1.82, 2.24) is 52.2 Å². The van der Waals surface area contributed by atoms with Crippen LogP contribution in [-0.4, -0.2) is 208 Å². The number of carbonyl (C=O) groups excluding carboxylic acids is 8. The molecule has 0 aromatic heterocycles. The summed E-state index contributed by atoms with van der Waals surface area (Å²) in [6, 6.07) is 4.91. The van der Waals surface area contributed by atoms with Crippen LogP contribution in [0.1, 0.15) is 128 Å². The van der Waals surface area contributed by atoms with Crippen LogP contribution >= 0.6 is 23.2 Å². The van der Waals surface area contributed by atoms with Crippen LogP contribution in [-0.2, 0) is 58.9 Å². The highest BCUT2D eigenvalue weighted by atomic mass is 35.5. The van der Waals surface area contributed by atoms with Gasteiger partial charge in [0, 0.05) is 23.7 Å². The number of hydrogen-bond donors (Lipinski definition) is 18. The Morgan fingerprint density at radius 2 is 1.26 bits per heavy atom. The highest BCUT2D eigenvalue weighted by molar-refractivity contribution is 7.90. The molecule has 14 atom stereocenters. The van der Waals surface area contributed by atoms with Crippen molar-refractivity contribution in [3.63, 3.8) is 0 Å². The molecule has 37 heteroatoms. The monoisotopic (exact) mass is 1680 g/mol. The summed E-state index contributed by atoms with van der Waals surface area (Å²) < 4.78 is 61.5. The number of nitrogens with one attached hydrogen (secondary N) is 9. The molecule has 11 aliphatic rings. The third kappa shape index (κ3) is 17.0. The SMILES string of the molecule is CNC(CC(C)C)C(=O)NC1C(=O)NC(CC(=O)NS(=O)(=O)c2ccc(OCCN(C)C)cc2)C(=O)NC2C(=O)NC3C(=O)NC(C(=O)NC(C(=O)NC4C5CC6CC(C5)CC4C6)c4cc(O)cc5c4-c4cc3ccc4C5(O)O)C(O)c3ccc(c(Cl)c3)Oc3cc2cc(c3OC2OC(CO)C(O)C(O)C2O)Oc2ccc(cc2Cl)C1O. The van der Waals surface area contributed by atoms with Crippen LogP contribution < -0.4 is 66.2 Å². The number of benzene rings is 6. The summed E-state index contributed by atoms with van der Waals surface area (Å²) in [7, 11) is 0.185. The number of sulfonamides is 1. The first kappa shape index (κ1) is 83.7. The number of likely N-dealkylation sites (N-methyl/N-ethyl adjacent to an activating group) is 2. The largest absolute Gasteiger partial charge is 0.508 e. The van der Waals surface area contributed by atoms with Gasteiger partial charge in [-0.3, -0.25) is 38.4 Å². The molecule has 5 fully saturated rings. The second-order valence-corrected chi connectivity index (χ2v) is 34.2. The average Bonchev–Trinajstić information content (AvgIpc) is 1.56. The molecule has 6 heterocycles. The minimum Gasteiger partial charge on any atom is -0.508 e. The molecule has 1 saturated heterocycles. The van der Waals surface area contributed by atoms with Crippen molar-refractivity contribution in [1.29, 1.82) is 0 Å². The normalized spacial score (nSPS) is 28.6. The predicted molar refractivity (Wildman–Crippen MR) is 413 cm³/mol. The van der Waals surface area contributed by atoms with E-state index in [0.29, 0.717) is 18.4 Å². The Balaban J connectivity index is 0.950. The number of fused-ring (bicyclic) bond motifs is 12. The fourth-order valence-corrected chi connectivity index (χ4v) is 18.7. The molecule has 18 N–H and O–H groups in total. The van der Waals surface area contributed by atoms with Crippen LogP contribution in [0.15, 0.2) is 108 Å². The number of ether oxygens (including phenoxy) is 5. The van der Waals surface area contributed by atoms with Gasteiger partial charge in [-0.2, -0.15) is 0 Å². The van der Waals surface area contributed by atoms with Gasteiger partial charge in [-0.1, -0.05) is 61.3 Å². The number of aromatic hydroxyl groups is 1. The summed E-state index contributed by atoms with van der Waals surface area (Å²) >= 11 is 14.3. The Morgan fingerprint density at radius 3 is 1.87 bits per heavy atom. The lowest BCUT2D eigenvalue weighted by atomic mass is 9.54. The maximum atomic E-state index is 16.5. The van der Waals surface area contributed by atoms with Crippen molar-refractivity contribution < 1.29 is 116 Å². The van der Waals surface area contributed by atoms with Crippen LogP contribution in [0.4, 0.5) is 0 Å². The number of halogens is 2. The standard InChI is InChI=1S/C80H90Cl2N10O24S/c1-33(2)18-51(83-3)72(101)89-64-66(96)37-7-14-53(49(81)25-37)113-55-27-41-28-56(71(55)116-79-70(100)69(99)68(98)57(32-93)115-79)114-54-15-8-38(26-50(54)82)67(97)65-78(107)88-63(76(105)85-60-39-20-34-19-35(22-39)23-40(60)21-34)46-29-42(94)30-48-59(46)45-24-36(6-13-47(45)80(48,108)109)61(74(103)90-65)87-75(104)62(41)86-73(102)52(84-77(64)106)31-58(95)91-117(110,111)44-11-9-43(10-12-44)112-17-16-92(4)5/h6-15,24-30,33-35,39-40,51-52,57,60-70,79,83,93-94,96-100,108-109H,16-23,31-32H2,1-5H3,(H,84,106)(H,85,105)(H,86,102)(H,87,104)(H,88,107)(H,89,101)(H,90,103)(H,91,95). The number of aliphatic hydroxyl groups excluding tert-OH is 6. The van der Waals surface area contributed by atoms with Gasteiger partial charge < -0.3 is 117 Å². The lowest BCUT2D eigenvalue weighted by Gasteiger charge is -2.54. The molecule has 0 spiro atoms. The van der Waals surface area contributed by atoms with E-state index in [1.165, 1.54) is 55.6 Å². The molecule has 6 aliphatic heterocycles. The molecule has 14 unspecified atom stereocenters. The summed E-state index contributed by atoms with van der Waals surface area (Å²) in [4.78, 5) is 126. The van der Waals surface area contributed by atoms with Crippen LogP contribution in [0.5, 0.6) is 40.2 Å². The van der Waals surface area contributed by atoms with Crippen LogP contribution in [0.2, 0.25) is 10.0 Å². The quantitative estimate of drug-likeness (QED) is 0.0545. The molecule has 117 heavy (non-hydrogen) atoms. The van der Waals surface area contributed by atoms with Crippen LogP contribution in [0.3, 0.4) is 0 Å². The summed E-state index contributed by atoms with van der Waals surface area (Å²) in [5.74, 6) is -15.4. The van der Waals surface area contributed by atoms with E-state index in [4.69, 9.17) is 46.9 Å². The van der Waals surface area contributed by atoms with Gasteiger partial charge in [0.2, 0.25) is 65.1 Å². The van der Waals surface area contributed by atoms with Crippen molar-refractivity contribution in [2.75, 3.05) is 40.9 Å². The van der Waals surface area contributed by atoms with E-state index in [9.17, 15) is 64.0 Å². The molecule has 0 radical (unpaired) electrons. The maximum Gasteiger partial charge on any atom is 0.264 e. The highest BCUT2D eigenvalue weighted by Crippen LogP contribution is 2.56. The molecule has 34 nitrogen and oxygen atoms in total. The average molecular weight is 1680 g/mol. The number of aliphatic hydroxyl groups is 8. The summed E-state index contributed by atoms with van der Waals surface area (Å²) in [6.07, 6.45) is -11.1. The van der Waals surface area contributed by atoms with E-state index in [1.54, 1.807) is 13.8 Å². The van der Waals surface area contributed by atoms with Gasteiger partial charge in [-0.05, 0) is 207 Å². The number of phenolic OH excluding ortho intramolecular Hbond substituents is 1. The van der Waals surface area contributed by atoms with Gasteiger partial charge in [-0.15, -0.1) is 0 Å². The van der Waals surface area contributed by atoms with E-state index in [2.05, 4.69) is 42.5 Å². The minimum atomic E-state index is -4.90. The third-order valence-corrected chi connectivity index (χ3v) is 24.9. The molecule has 624 valence electrons. The lowest BCUT2D eigenvalue weighted by Crippen LogP contribution is -2.60. The second-order valence-electron chi connectivity index (χ2n) is 31.7. The Labute approximate surface area is 680 Å².